The number of nitrogens with one attached hydrogen (secondary N) is 3. The van der Waals surface area contributed by atoms with Crippen LogP contribution in [0.4, 0.5) is 0 Å². The minimum atomic E-state index is -0.162. The summed E-state index contributed by atoms with van der Waals surface area (Å²) in [6.07, 6.45) is 3.16. The van der Waals surface area contributed by atoms with E-state index in [1.165, 1.54) is 6.20 Å². The van der Waals surface area contributed by atoms with E-state index in [1.54, 1.807) is 44.4 Å². The molecule has 0 aliphatic heterocycles. The summed E-state index contributed by atoms with van der Waals surface area (Å²) in [5.74, 6) is 0.444. The maximum absolute atomic E-state index is 11.9. The van der Waals surface area contributed by atoms with Crippen molar-refractivity contribution in [3.8, 4) is 0 Å². The van der Waals surface area contributed by atoms with Crippen LogP contribution in [0.25, 0.3) is 0 Å². The van der Waals surface area contributed by atoms with Gasteiger partial charge in [-0.2, -0.15) is 0 Å². The standard InChI is InChI=1S/C20H26N6O2.HI/c1-21-20(24-12-11-23-18(27)17-5-4-10-22-14-17)25-13-15-6-8-16(9-7-15)19(28)26(2)3;/h4-10,14H,11-13H2,1-3H3,(H,23,27)(H2,21,24,25);1H. The Bertz CT molecular complexity index is 809. The number of benzene rings is 1. The van der Waals surface area contributed by atoms with Gasteiger partial charge in [0.1, 0.15) is 0 Å². The van der Waals surface area contributed by atoms with Gasteiger partial charge in [0.05, 0.1) is 5.56 Å². The molecular weight excluding hydrogens is 483 g/mol. The van der Waals surface area contributed by atoms with Crippen LogP contribution in [-0.4, -0.2) is 61.9 Å². The van der Waals surface area contributed by atoms with Crippen molar-refractivity contribution in [2.24, 2.45) is 4.99 Å². The fraction of sp³-hybridized carbons (Fsp3) is 0.300. The van der Waals surface area contributed by atoms with E-state index in [1.807, 2.05) is 24.3 Å². The minimum absolute atomic E-state index is 0. The number of carbonyl (C=O) groups excluding carboxylic acids is 2. The third kappa shape index (κ3) is 8.06. The highest BCUT2D eigenvalue weighted by molar-refractivity contribution is 14.0. The van der Waals surface area contributed by atoms with E-state index in [2.05, 4.69) is 25.9 Å². The smallest absolute Gasteiger partial charge is 0.253 e. The van der Waals surface area contributed by atoms with Crippen molar-refractivity contribution in [2.45, 2.75) is 6.54 Å². The molecule has 0 spiro atoms. The highest BCUT2D eigenvalue weighted by Gasteiger charge is 2.07. The first kappa shape index (κ1) is 24.3. The lowest BCUT2D eigenvalue weighted by Crippen LogP contribution is -2.41. The average Bonchev–Trinajstić information content (AvgIpc) is 2.73. The molecule has 0 saturated heterocycles. The van der Waals surface area contributed by atoms with Crippen LogP contribution in [0.15, 0.2) is 53.8 Å². The fourth-order valence-corrected chi connectivity index (χ4v) is 2.39. The van der Waals surface area contributed by atoms with Gasteiger partial charge in [0, 0.05) is 58.7 Å². The third-order valence-electron chi connectivity index (χ3n) is 3.92. The van der Waals surface area contributed by atoms with Gasteiger partial charge in [-0.25, -0.2) is 0 Å². The summed E-state index contributed by atoms with van der Waals surface area (Å²) in [4.78, 5) is 33.5. The summed E-state index contributed by atoms with van der Waals surface area (Å²) in [5.41, 5.74) is 2.21. The molecule has 156 valence electrons. The van der Waals surface area contributed by atoms with E-state index in [9.17, 15) is 9.59 Å². The molecule has 0 aliphatic carbocycles. The molecule has 0 fully saturated rings. The van der Waals surface area contributed by atoms with Gasteiger partial charge in [-0.1, -0.05) is 12.1 Å². The first-order chi connectivity index (χ1) is 13.5. The van der Waals surface area contributed by atoms with E-state index in [0.29, 0.717) is 36.7 Å². The van der Waals surface area contributed by atoms with Gasteiger partial charge in [-0.05, 0) is 29.8 Å². The quantitative estimate of drug-likeness (QED) is 0.227. The molecule has 0 saturated carbocycles. The lowest BCUT2D eigenvalue weighted by Gasteiger charge is -2.13. The topological polar surface area (TPSA) is 98.7 Å². The van der Waals surface area contributed by atoms with Crippen molar-refractivity contribution in [2.75, 3.05) is 34.2 Å². The number of rotatable bonds is 7. The summed E-state index contributed by atoms with van der Waals surface area (Å²) in [6, 6.07) is 10.9. The molecule has 0 unspecified atom stereocenters. The molecule has 8 nitrogen and oxygen atoms in total. The highest BCUT2D eigenvalue weighted by Crippen LogP contribution is 2.06. The third-order valence-corrected chi connectivity index (χ3v) is 3.92. The first-order valence-electron chi connectivity index (χ1n) is 8.94. The predicted octanol–water partition coefficient (Wildman–Crippen LogP) is 1.50. The van der Waals surface area contributed by atoms with Gasteiger partial charge in [0.2, 0.25) is 0 Å². The molecule has 1 aromatic carbocycles. The van der Waals surface area contributed by atoms with Crippen molar-refractivity contribution in [3.63, 3.8) is 0 Å². The van der Waals surface area contributed by atoms with Crippen LogP contribution in [0.5, 0.6) is 0 Å². The maximum Gasteiger partial charge on any atom is 0.253 e. The molecular formula is C20H27IN6O2. The van der Waals surface area contributed by atoms with Crippen molar-refractivity contribution < 1.29 is 9.59 Å². The normalized spacial score (nSPS) is 10.5. The lowest BCUT2D eigenvalue weighted by atomic mass is 10.1. The van der Waals surface area contributed by atoms with E-state index < -0.39 is 0 Å². The van der Waals surface area contributed by atoms with Gasteiger partial charge < -0.3 is 20.9 Å². The van der Waals surface area contributed by atoms with E-state index in [0.717, 1.165) is 5.56 Å². The highest BCUT2D eigenvalue weighted by atomic mass is 127. The monoisotopic (exact) mass is 510 g/mol. The summed E-state index contributed by atoms with van der Waals surface area (Å²) in [6.45, 7) is 1.55. The summed E-state index contributed by atoms with van der Waals surface area (Å²) in [7, 11) is 5.14. The van der Waals surface area contributed by atoms with Gasteiger partial charge in [-0.15, -0.1) is 24.0 Å². The number of hydrogen-bond acceptors (Lipinski definition) is 4. The number of nitrogens with zero attached hydrogens (tertiary/aromatic N) is 3. The predicted molar refractivity (Wildman–Crippen MR) is 125 cm³/mol. The van der Waals surface area contributed by atoms with Gasteiger partial charge in [-0.3, -0.25) is 19.6 Å². The molecule has 1 aromatic heterocycles. The number of amides is 2. The zero-order valence-corrected chi connectivity index (χ0v) is 19.1. The van der Waals surface area contributed by atoms with Crippen LogP contribution in [0.3, 0.4) is 0 Å². The zero-order chi connectivity index (χ0) is 20.4. The number of guanidine groups is 1. The van der Waals surface area contributed by atoms with E-state index in [4.69, 9.17) is 0 Å². The first-order valence-corrected chi connectivity index (χ1v) is 8.94. The molecule has 2 rings (SSSR count). The van der Waals surface area contributed by atoms with E-state index in [-0.39, 0.29) is 35.8 Å². The molecule has 0 atom stereocenters. The molecule has 3 N–H and O–H groups in total. The Kier molecular flexibility index (Phi) is 10.7. The Morgan fingerprint density at radius 3 is 2.28 bits per heavy atom. The molecule has 9 heteroatoms. The lowest BCUT2D eigenvalue weighted by molar-refractivity contribution is 0.0827. The average molecular weight is 510 g/mol. The Morgan fingerprint density at radius 2 is 1.69 bits per heavy atom. The van der Waals surface area contributed by atoms with Crippen LogP contribution in [0, 0.1) is 0 Å². The number of aromatic nitrogens is 1. The van der Waals surface area contributed by atoms with Crippen LogP contribution in [0.1, 0.15) is 26.3 Å². The molecule has 0 radical (unpaired) electrons. The molecule has 2 amide bonds. The van der Waals surface area contributed by atoms with Gasteiger partial charge in [0.25, 0.3) is 11.8 Å². The SMILES string of the molecule is CN=C(NCCNC(=O)c1cccnc1)NCc1ccc(C(=O)N(C)C)cc1.I. The molecule has 2 aromatic rings. The maximum atomic E-state index is 11.9. The number of carbonyl (C=O) groups is 2. The van der Waals surface area contributed by atoms with Crippen LogP contribution >= 0.6 is 24.0 Å². The van der Waals surface area contributed by atoms with Crippen molar-refractivity contribution in [3.05, 3.63) is 65.5 Å². The number of aliphatic imine (C=N–C) groups is 1. The Balaban J connectivity index is 0.00000420. The molecule has 0 bridgehead atoms. The Labute approximate surface area is 188 Å². The summed E-state index contributed by atoms with van der Waals surface area (Å²) in [5, 5.41) is 9.15. The second-order valence-corrected chi connectivity index (χ2v) is 6.25. The molecule has 0 aliphatic rings. The molecule has 29 heavy (non-hydrogen) atoms. The fourth-order valence-electron chi connectivity index (χ4n) is 2.39. The number of halogens is 1. The Morgan fingerprint density at radius 1 is 1.00 bits per heavy atom. The minimum Gasteiger partial charge on any atom is -0.355 e. The van der Waals surface area contributed by atoms with Crippen molar-refractivity contribution in [1.82, 2.24) is 25.8 Å². The number of hydrogen-bond donors (Lipinski definition) is 3. The zero-order valence-electron chi connectivity index (χ0n) is 16.8. The van der Waals surface area contributed by atoms with Crippen LogP contribution in [-0.2, 0) is 6.54 Å². The second-order valence-electron chi connectivity index (χ2n) is 6.25. The van der Waals surface area contributed by atoms with Gasteiger partial charge in [0.15, 0.2) is 5.96 Å². The van der Waals surface area contributed by atoms with Crippen LogP contribution < -0.4 is 16.0 Å². The summed E-state index contributed by atoms with van der Waals surface area (Å²) >= 11 is 0. The Hall–Kier alpha value is -2.69. The number of pyridine rings is 1. The molecule has 1 heterocycles. The largest absolute Gasteiger partial charge is 0.355 e. The van der Waals surface area contributed by atoms with Gasteiger partial charge >= 0.3 is 0 Å². The second kappa shape index (κ2) is 12.7. The van der Waals surface area contributed by atoms with Crippen LogP contribution in [0.2, 0.25) is 0 Å². The van der Waals surface area contributed by atoms with E-state index >= 15 is 0 Å². The van der Waals surface area contributed by atoms with Crippen molar-refractivity contribution in [1.29, 1.82) is 0 Å². The van der Waals surface area contributed by atoms with Crippen molar-refractivity contribution >= 4 is 41.8 Å². The summed E-state index contributed by atoms with van der Waals surface area (Å²) < 4.78 is 0.